The van der Waals surface area contributed by atoms with Gasteiger partial charge in [-0.2, -0.15) is 0 Å². The predicted molar refractivity (Wildman–Crippen MR) is 75.7 cm³/mol. The summed E-state index contributed by atoms with van der Waals surface area (Å²) in [5, 5.41) is 10.9. The Morgan fingerprint density at radius 2 is 2.20 bits per heavy atom. The van der Waals surface area contributed by atoms with E-state index < -0.39 is 17.7 Å². The highest BCUT2D eigenvalue weighted by Gasteiger charge is 2.17. The molecule has 0 aliphatic heterocycles. The molecule has 1 aromatic heterocycles. The fraction of sp³-hybridized carbons (Fsp3) is 0.286. The van der Waals surface area contributed by atoms with Crippen molar-refractivity contribution in [2.24, 2.45) is 12.0 Å². The fourth-order valence-corrected chi connectivity index (χ4v) is 2.62. The lowest BCUT2D eigenvalue weighted by molar-refractivity contribution is -0.138. The second kappa shape index (κ2) is 5.58. The number of halogens is 1. The average Bonchev–Trinajstić information content (AvgIpc) is 2.70. The number of carboxylic acids is 1. The number of aromatic nitrogens is 1. The summed E-state index contributed by atoms with van der Waals surface area (Å²) in [5.41, 5.74) is 1.72. The van der Waals surface area contributed by atoms with Crippen molar-refractivity contribution in [3.8, 4) is 0 Å². The monoisotopic (exact) mass is 294 g/mol. The van der Waals surface area contributed by atoms with Crippen LogP contribution in [0.5, 0.6) is 0 Å². The summed E-state index contributed by atoms with van der Waals surface area (Å²) in [5.74, 6) is -2.46. The lowest BCUT2D eigenvalue weighted by Crippen LogP contribution is -2.11. The smallest absolute Gasteiger partial charge is 0.310 e. The first-order valence-electron chi connectivity index (χ1n) is 6.08. The van der Waals surface area contributed by atoms with Gasteiger partial charge in [0, 0.05) is 23.7 Å². The molecule has 2 aromatic rings. The van der Waals surface area contributed by atoms with E-state index in [1.807, 2.05) is 23.9 Å². The van der Waals surface area contributed by atoms with Gasteiger partial charge in [-0.05, 0) is 26.0 Å². The van der Waals surface area contributed by atoms with Crippen LogP contribution in [-0.2, 0) is 11.8 Å². The first-order valence-corrected chi connectivity index (χ1v) is 6.96. The van der Waals surface area contributed by atoms with Crippen LogP contribution >= 0.6 is 11.3 Å². The van der Waals surface area contributed by atoms with Crippen molar-refractivity contribution in [3.63, 3.8) is 0 Å². The molecule has 20 heavy (non-hydrogen) atoms. The molecule has 6 heteroatoms. The number of carboxylic acid groups (broad SMARTS) is 1. The van der Waals surface area contributed by atoms with Gasteiger partial charge in [0.2, 0.25) is 0 Å². The largest absolute Gasteiger partial charge is 0.481 e. The predicted octanol–water partition coefficient (Wildman–Crippen LogP) is 2.95. The number of hydrogen-bond donors (Lipinski definition) is 1. The third-order valence-electron chi connectivity index (χ3n) is 3.20. The van der Waals surface area contributed by atoms with Gasteiger partial charge >= 0.3 is 5.97 Å². The highest BCUT2D eigenvalue weighted by Crippen LogP contribution is 2.23. The summed E-state index contributed by atoms with van der Waals surface area (Å²) in [7, 11) is 1.89. The molecule has 106 valence electrons. The fourth-order valence-electron chi connectivity index (χ4n) is 1.73. The topological polar surface area (TPSA) is 54.6 Å². The molecule has 1 unspecified atom stereocenters. The Balaban J connectivity index is 2.42. The van der Waals surface area contributed by atoms with Gasteiger partial charge in [0.25, 0.3) is 0 Å². The number of aliphatic carboxylic acids is 1. The van der Waals surface area contributed by atoms with Gasteiger partial charge < -0.3 is 9.67 Å². The van der Waals surface area contributed by atoms with Gasteiger partial charge in [-0.1, -0.05) is 6.07 Å². The third-order valence-corrected chi connectivity index (χ3v) is 4.23. The zero-order chi connectivity index (χ0) is 14.9. The standard InChI is InChI=1S/C14H15FN2O2S/c1-8-7-20-14(17(8)3)16-10-4-5-11(12(15)6-10)9(2)13(18)19/h4-7,9H,1-3H3,(H,18,19)/b16-14-. The van der Waals surface area contributed by atoms with Crippen molar-refractivity contribution in [1.29, 1.82) is 0 Å². The normalized spacial score (nSPS) is 13.5. The molecule has 4 nitrogen and oxygen atoms in total. The zero-order valence-electron chi connectivity index (χ0n) is 11.4. The van der Waals surface area contributed by atoms with E-state index in [9.17, 15) is 9.18 Å². The van der Waals surface area contributed by atoms with Crippen molar-refractivity contribution in [2.45, 2.75) is 19.8 Å². The van der Waals surface area contributed by atoms with E-state index >= 15 is 0 Å². The van der Waals surface area contributed by atoms with E-state index in [4.69, 9.17) is 5.11 Å². The highest BCUT2D eigenvalue weighted by atomic mass is 32.1. The SMILES string of the molecule is Cc1cs/c(=N\c2ccc(C(C)C(=O)O)c(F)c2)n1C. The molecule has 0 aliphatic rings. The summed E-state index contributed by atoms with van der Waals surface area (Å²) in [4.78, 5) is 16.0. The molecule has 0 saturated heterocycles. The molecule has 0 spiro atoms. The third kappa shape index (κ3) is 2.80. The number of carbonyl (C=O) groups is 1. The van der Waals surface area contributed by atoms with Gasteiger partial charge in [0.15, 0.2) is 4.80 Å². The quantitative estimate of drug-likeness (QED) is 0.946. The van der Waals surface area contributed by atoms with E-state index in [1.54, 1.807) is 6.07 Å². The van der Waals surface area contributed by atoms with Crippen LogP contribution in [0.1, 0.15) is 24.1 Å². The second-order valence-electron chi connectivity index (χ2n) is 4.60. The van der Waals surface area contributed by atoms with Crippen LogP contribution in [0.3, 0.4) is 0 Å². The number of benzene rings is 1. The van der Waals surface area contributed by atoms with Crippen molar-refractivity contribution < 1.29 is 14.3 Å². The van der Waals surface area contributed by atoms with Gasteiger partial charge in [-0.15, -0.1) is 11.3 Å². The van der Waals surface area contributed by atoms with Gasteiger partial charge in [-0.3, -0.25) is 4.79 Å². The summed E-state index contributed by atoms with van der Waals surface area (Å²) in [6.07, 6.45) is 0. The molecule has 0 radical (unpaired) electrons. The van der Waals surface area contributed by atoms with Crippen molar-refractivity contribution in [1.82, 2.24) is 4.57 Å². The van der Waals surface area contributed by atoms with Crippen molar-refractivity contribution in [3.05, 3.63) is 45.5 Å². The second-order valence-corrected chi connectivity index (χ2v) is 5.43. The van der Waals surface area contributed by atoms with Gasteiger partial charge in [0.1, 0.15) is 5.82 Å². The van der Waals surface area contributed by atoms with Crippen molar-refractivity contribution in [2.75, 3.05) is 0 Å². The highest BCUT2D eigenvalue weighted by molar-refractivity contribution is 7.07. The Kier molecular flexibility index (Phi) is 4.04. The summed E-state index contributed by atoms with van der Waals surface area (Å²) < 4.78 is 15.9. The Bertz CT molecular complexity index is 718. The first-order chi connectivity index (χ1) is 9.40. The molecule has 2 rings (SSSR count). The van der Waals surface area contributed by atoms with Crippen LogP contribution in [0.15, 0.2) is 28.6 Å². The molecular formula is C14H15FN2O2S. The van der Waals surface area contributed by atoms with Crippen LogP contribution in [0.2, 0.25) is 0 Å². The van der Waals surface area contributed by atoms with Crippen LogP contribution in [0.4, 0.5) is 10.1 Å². The maximum atomic E-state index is 13.9. The molecule has 1 atom stereocenters. The number of rotatable bonds is 3. The van der Waals surface area contributed by atoms with Gasteiger partial charge in [-0.25, -0.2) is 9.38 Å². The van der Waals surface area contributed by atoms with E-state index in [0.717, 1.165) is 10.5 Å². The minimum absolute atomic E-state index is 0.170. The van der Waals surface area contributed by atoms with Crippen LogP contribution in [-0.4, -0.2) is 15.6 Å². The number of thiazole rings is 1. The number of aryl methyl sites for hydroxylation is 1. The van der Waals surface area contributed by atoms with E-state index in [2.05, 4.69) is 4.99 Å². The van der Waals surface area contributed by atoms with Crippen LogP contribution in [0, 0.1) is 12.7 Å². The molecule has 0 bridgehead atoms. The number of nitrogens with zero attached hydrogens (tertiary/aromatic N) is 2. The molecule has 1 N–H and O–H groups in total. The maximum Gasteiger partial charge on any atom is 0.310 e. The Morgan fingerprint density at radius 1 is 1.50 bits per heavy atom. The van der Waals surface area contributed by atoms with Crippen LogP contribution < -0.4 is 4.80 Å². The molecule has 0 saturated carbocycles. The Morgan fingerprint density at radius 3 is 2.70 bits per heavy atom. The summed E-state index contributed by atoms with van der Waals surface area (Å²) in [6.45, 7) is 3.42. The lowest BCUT2D eigenvalue weighted by atomic mass is 10.0. The van der Waals surface area contributed by atoms with E-state index in [0.29, 0.717) is 5.69 Å². The van der Waals surface area contributed by atoms with E-state index in [-0.39, 0.29) is 5.56 Å². The average molecular weight is 294 g/mol. The summed E-state index contributed by atoms with van der Waals surface area (Å²) >= 11 is 1.47. The van der Waals surface area contributed by atoms with Crippen molar-refractivity contribution >= 4 is 23.0 Å². The number of hydrogen-bond acceptors (Lipinski definition) is 3. The molecule has 0 aliphatic carbocycles. The maximum absolute atomic E-state index is 13.9. The molecule has 1 heterocycles. The molecule has 0 amide bonds. The van der Waals surface area contributed by atoms with Crippen LogP contribution in [0.25, 0.3) is 0 Å². The van der Waals surface area contributed by atoms with Gasteiger partial charge in [0.05, 0.1) is 11.6 Å². The molecule has 0 fully saturated rings. The minimum Gasteiger partial charge on any atom is -0.481 e. The molecular weight excluding hydrogens is 279 g/mol. The Hall–Kier alpha value is -1.95. The zero-order valence-corrected chi connectivity index (χ0v) is 12.2. The lowest BCUT2D eigenvalue weighted by Gasteiger charge is -2.08. The molecule has 1 aromatic carbocycles. The minimum atomic E-state index is -1.05. The Labute approximate surface area is 119 Å². The summed E-state index contributed by atoms with van der Waals surface area (Å²) in [6, 6.07) is 4.38. The first kappa shape index (κ1) is 14.5. The van der Waals surface area contributed by atoms with E-state index in [1.165, 1.54) is 30.4 Å².